The maximum Gasteiger partial charge on any atom is 0.490 e. The Morgan fingerprint density at radius 1 is 1.06 bits per heavy atom. The number of aliphatic carboxylic acids is 1. The minimum Gasteiger partial charge on any atom is -0.475 e. The highest BCUT2D eigenvalue weighted by molar-refractivity contribution is 6.04. The second kappa shape index (κ2) is 11.6. The van der Waals surface area contributed by atoms with Crippen LogP contribution in [0.3, 0.4) is 0 Å². The van der Waals surface area contributed by atoms with Gasteiger partial charge in [-0.25, -0.2) is 4.79 Å². The summed E-state index contributed by atoms with van der Waals surface area (Å²) in [5.41, 5.74) is 3.76. The summed E-state index contributed by atoms with van der Waals surface area (Å²) in [7, 11) is 3.95. The van der Waals surface area contributed by atoms with Crippen molar-refractivity contribution in [3.63, 3.8) is 0 Å². The maximum absolute atomic E-state index is 12.6. The number of likely N-dealkylation sites (tertiary alicyclic amines) is 1. The number of carbonyl (C=O) groups excluding carboxylic acids is 1. The molecule has 4 rings (SSSR count). The van der Waals surface area contributed by atoms with Gasteiger partial charge in [0.2, 0.25) is 0 Å². The number of carboxylic acid groups (broad SMARTS) is 1. The van der Waals surface area contributed by atoms with Crippen molar-refractivity contribution in [2.45, 2.75) is 44.4 Å². The van der Waals surface area contributed by atoms with Crippen LogP contribution in [0.25, 0.3) is 0 Å². The van der Waals surface area contributed by atoms with Crippen LogP contribution >= 0.6 is 0 Å². The normalized spacial score (nSPS) is 20.0. The summed E-state index contributed by atoms with van der Waals surface area (Å²) in [4.78, 5) is 28.7. The number of amides is 1. The van der Waals surface area contributed by atoms with Gasteiger partial charge in [-0.15, -0.1) is 0 Å². The van der Waals surface area contributed by atoms with Crippen LogP contribution in [0.2, 0.25) is 0 Å². The molecule has 2 atom stereocenters. The van der Waals surface area contributed by atoms with Crippen molar-refractivity contribution in [2.24, 2.45) is 0 Å². The van der Waals surface area contributed by atoms with Gasteiger partial charge in [0.05, 0.1) is 0 Å². The number of nitrogens with one attached hydrogen (secondary N) is 1. The molecule has 2 N–H and O–H groups in total. The van der Waals surface area contributed by atoms with Crippen LogP contribution < -0.4 is 15.1 Å². The largest absolute Gasteiger partial charge is 0.490 e. The van der Waals surface area contributed by atoms with Crippen LogP contribution in [0.4, 0.5) is 30.2 Å². The Balaban J connectivity index is 0.000000454. The van der Waals surface area contributed by atoms with Crippen molar-refractivity contribution in [1.29, 1.82) is 0 Å². The third-order valence-electron chi connectivity index (χ3n) is 6.59. The molecule has 0 bridgehead atoms. The predicted molar refractivity (Wildman–Crippen MR) is 135 cm³/mol. The molecule has 2 unspecified atom stereocenters. The first kappa shape index (κ1) is 27.3. The zero-order valence-electron chi connectivity index (χ0n) is 20.8. The lowest BCUT2D eigenvalue weighted by Gasteiger charge is -2.28. The minimum atomic E-state index is -5.08. The summed E-state index contributed by atoms with van der Waals surface area (Å²) in [6.45, 7) is 5.82. The van der Waals surface area contributed by atoms with Crippen molar-refractivity contribution >= 4 is 28.9 Å². The Kier molecular flexibility index (Phi) is 8.84. The molecule has 0 radical (unpaired) electrons. The standard InChI is InChI=1S/C24H32N4O.C2HF3O2/c1-18-6-5-14-28(18)23-13-15-27(17-23)21-11-9-20(10-12-21)25-24(29)19-7-4-8-22(16-19)26(2)3;3-2(4,5)1(6)7/h4,7-12,16,18,23H,5-6,13-15,17H2,1-3H3,(H,25,29);(H,6,7). The van der Waals surface area contributed by atoms with E-state index in [4.69, 9.17) is 9.90 Å². The number of halogens is 3. The van der Waals surface area contributed by atoms with E-state index in [0.29, 0.717) is 11.6 Å². The molecule has 196 valence electrons. The molecule has 2 aliphatic heterocycles. The Bertz CT molecular complexity index is 1040. The van der Waals surface area contributed by atoms with Crippen molar-refractivity contribution < 1.29 is 27.9 Å². The molecule has 10 heteroatoms. The predicted octanol–water partition coefficient (Wildman–Crippen LogP) is 4.70. The highest BCUT2D eigenvalue weighted by Gasteiger charge is 2.38. The molecular formula is C26H33F3N4O3. The molecule has 2 heterocycles. The molecular weight excluding hydrogens is 473 g/mol. The van der Waals surface area contributed by atoms with Gasteiger partial charge in [-0.05, 0) is 75.2 Å². The van der Waals surface area contributed by atoms with Gasteiger partial charge in [0.25, 0.3) is 5.91 Å². The maximum atomic E-state index is 12.6. The van der Waals surface area contributed by atoms with Gasteiger partial charge in [-0.1, -0.05) is 6.07 Å². The number of benzene rings is 2. The summed E-state index contributed by atoms with van der Waals surface area (Å²) in [5, 5.41) is 10.1. The summed E-state index contributed by atoms with van der Waals surface area (Å²) < 4.78 is 31.7. The number of hydrogen-bond donors (Lipinski definition) is 2. The van der Waals surface area contributed by atoms with Crippen molar-refractivity contribution in [3.05, 3.63) is 54.1 Å². The van der Waals surface area contributed by atoms with Crippen LogP contribution in [0.5, 0.6) is 0 Å². The second-order valence-electron chi connectivity index (χ2n) is 9.37. The molecule has 2 saturated heterocycles. The highest BCUT2D eigenvalue weighted by atomic mass is 19.4. The fraction of sp³-hybridized carbons (Fsp3) is 0.462. The highest BCUT2D eigenvalue weighted by Crippen LogP contribution is 2.29. The van der Waals surface area contributed by atoms with Crippen LogP contribution in [0, 0.1) is 0 Å². The zero-order valence-corrected chi connectivity index (χ0v) is 20.8. The molecule has 2 aromatic carbocycles. The van der Waals surface area contributed by atoms with Gasteiger partial charge in [0.1, 0.15) is 0 Å². The fourth-order valence-corrected chi connectivity index (χ4v) is 4.63. The van der Waals surface area contributed by atoms with Gasteiger partial charge in [0.15, 0.2) is 0 Å². The van der Waals surface area contributed by atoms with E-state index in [0.717, 1.165) is 30.5 Å². The van der Waals surface area contributed by atoms with Crippen LogP contribution in [-0.2, 0) is 4.79 Å². The van der Waals surface area contributed by atoms with Gasteiger partial charge in [-0.2, -0.15) is 13.2 Å². The van der Waals surface area contributed by atoms with Gasteiger partial charge >= 0.3 is 12.1 Å². The first-order valence-corrected chi connectivity index (χ1v) is 12.0. The third kappa shape index (κ3) is 7.13. The quantitative estimate of drug-likeness (QED) is 0.612. The molecule has 2 fully saturated rings. The number of anilines is 3. The Labute approximate surface area is 209 Å². The lowest BCUT2D eigenvalue weighted by atomic mass is 10.1. The molecule has 0 aromatic heterocycles. The van der Waals surface area contributed by atoms with Crippen molar-refractivity contribution in [1.82, 2.24) is 4.90 Å². The molecule has 1 amide bonds. The molecule has 2 aliphatic rings. The summed E-state index contributed by atoms with van der Waals surface area (Å²) in [5.74, 6) is -2.83. The molecule has 0 spiro atoms. The van der Waals surface area contributed by atoms with E-state index in [-0.39, 0.29) is 5.91 Å². The zero-order chi connectivity index (χ0) is 26.5. The number of alkyl halides is 3. The van der Waals surface area contributed by atoms with Gasteiger partial charge in [0, 0.05) is 61.9 Å². The Morgan fingerprint density at radius 2 is 1.72 bits per heavy atom. The fourth-order valence-electron chi connectivity index (χ4n) is 4.63. The van der Waals surface area contributed by atoms with E-state index in [9.17, 15) is 18.0 Å². The number of hydrogen-bond acceptors (Lipinski definition) is 5. The van der Waals surface area contributed by atoms with E-state index in [2.05, 4.69) is 34.2 Å². The minimum absolute atomic E-state index is 0.0780. The first-order valence-electron chi connectivity index (χ1n) is 12.0. The third-order valence-corrected chi connectivity index (χ3v) is 6.59. The lowest BCUT2D eigenvalue weighted by molar-refractivity contribution is -0.192. The monoisotopic (exact) mass is 506 g/mol. The number of rotatable bonds is 5. The smallest absolute Gasteiger partial charge is 0.475 e. The van der Waals surface area contributed by atoms with E-state index < -0.39 is 12.1 Å². The van der Waals surface area contributed by atoms with E-state index in [1.807, 2.05) is 55.4 Å². The SMILES string of the molecule is CC1CCCN1C1CCN(c2ccc(NC(=O)c3cccc(N(C)C)c3)cc2)C1.O=C(O)C(F)(F)F. The molecule has 2 aromatic rings. The van der Waals surface area contributed by atoms with Crippen LogP contribution in [-0.4, -0.2) is 73.9 Å². The van der Waals surface area contributed by atoms with Crippen LogP contribution in [0.15, 0.2) is 48.5 Å². The number of carboxylic acids is 1. The Morgan fingerprint density at radius 3 is 2.28 bits per heavy atom. The molecule has 0 saturated carbocycles. The number of carbonyl (C=O) groups is 2. The van der Waals surface area contributed by atoms with Crippen molar-refractivity contribution in [3.8, 4) is 0 Å². The summed E-state index contributed by atoms with van der Waals surface area (Å²) >= 11 is 0. The van der Waals surface area contributed by atoms with Crippen LogP contribution in [0.1, 0.15) is 36.5 Å². The van der Waals surface area contributed by atoms with Gasteiger partial charge < -0.3 is 20.2 Å². The summed E-state index contributed by atoms with van der Waals surface area (Å²) in [6.07, 6.45) is -1.17. The number of nitrogens with zero attached hydrogens (tertiary/aromatic N) is 3. The summed E-state index contributed by atoms with van der Waals surface area (Å²) in [6, 6.07) is 17.3. The average molecular weight is 507 g/mol. The molecule has 0 aliphatic carbocycles. The molecule has 7 nitrogen and oxygen atoms in total. The lowest BCUT2D eigenvalue weighted by Crippen LogP contribution is -2.39. The van der Waals surface area contributed by atoms with Crippen molar-refractivity contribution in [2.75, 3.05) is 48.8 Å². The van der Waals surface area contributed by atoms with E-state index in [1.54, 1.807) is 0 Å². The Hall–Kier alpha value is -3.27. The average Bonchev–Trinajstić information content (AvgIpc) is 3.48. The first-order chi connectivity index (χ1) is 17.0. The topological polar surface area (TPSA) is 76.1 Å². The molecule has 36 heavy (non-hydrogen) atoms. The van der Waals surface area contributed by atoms with E-state index in [1.165, 1.54) is 31.5 Å². The van der Waals surface area contributed by atoms with Gasteiger partial charge in [-0.3, -0.25) is 9.69 Å². The van der Waals surface area contributed by atoms with E-state index >= 15 is 0 Å². The second-order valence-corrected chi connectivity index (χ2v) is 9.37.